The maximum absolute atomic E-state index is 13.6. The SMILES string of the molecule is CNC(C)C(=O)NC1CCc2ccccc2N(Cc2csc3ccc(Br)cc23)C1=O.Cl. The number of aryl methyl sites for hydroxylation is 1. The van der Waals surface area contributed by atoms with Gasteiger partial charge in [0.15, 0.2) is 0 Å². The first kappa shape index (κ1) is 23.7. The molecule has 0 aliphatic carbocycles. The van der Waals surface area contributed by atoms with Gasteiger partial charge in [-0.3, -0.25) is 9.59 Å². The van der Waals surface area contributed by atoms with Crippen molar-refractivity contribution in [2.75, 3.05) is 11.9 Å². The molecule has 5 nitrogen and oxygen atoms in total. The molecule has 8 heteroatoms. The highest BCUT2D eigenvalue weighted by Gasteiger charge is 2.32. The summed E-state index contributed by atoms with van der Waals surface area (Å²) in [5.41, 5.74) is 3.16. The van der Waals surface area contributed by atoms with E-state index in [-0.39, 0.29) is 30.3 Å². The number of nitrogens with one attached hydrogen (secondary N) is 2. The van der Waals surface area contributed by atoms with Crippen LogP contribution in [0.2, 0.25) is 0 Å². The zero-order chi connectivity index (χ0) is 21.3. The smallest absolute Gasteiger partial charge is 0.249 e. The van der Waals surface area contributed by atoms with Crippen molar-refractivity contribution < 1.29 is 9.59 Å². The fourth-order valence-corrected chi connectivity index (χ4v) is 5.08. The van der Waals surface area contributed by atoms with Crippen LogP contribution >= 0.6 is 39.7 Å². The van der Waals surface area contributed by atoms with E-state index in [0.717, 1.165) is 33.1 Å². The second kappa shape index (κ2) is 10.1. The van der Waals surface area contributed by atoms with E-state index in [2.05, 4.69) is 50.1 Å². The topological polar surface area (TPSA) is 61.4 Å². The van der Waals surface area contributed by atoms with Crippen molar-refractivity contribution in [1.82, 2.24) is 10.6 Å². The number of likely N-dealkylation sites (N-methyl/N-ethyl adjacent to an activating group) is 1. The number of hydrogen-bond acceptors (Lipinski definition) is 4. The number of anilines is 1. The van der Waals surface area contributed by atoms with Gasteiger partial charge in [0.2, 0.25) is 11.8 Å². The van der Waals surface area contributed by atoms with E-state index in [1.165, 1.54) is 4.70 Å². The Hall–Kier alpha value is -1.93. The van der Waals surface area contributed by atoms with Crippen LogP contribution in [-0.2, 0) is 22.6 Å². The van der Waals surface area contributed by atoms with Gasteiger partial charge in [-0.1, -0.05) is 34.1 Å². The lowest BCUT2D eigenvalue weighted by Crippen LogP contribution is -2.52. The molecule has 2 amide bonds. The van der Waals surface area contributed by atoms with Gasteiger partial charge in [0.25, 0.3) is 0 Å². The lowest BCUT2D eigenvalue weighted by Gasteiger charge is -2.27. The number of benzene rings is 2. The predicted molar refractivity (Wildman–Crippen MR) is 133 cm³/mol. The summed E-state index contributed by atoms with van der Waals surface area (Å²) < 4.78 is 2.21. The fourth-order valence-electron chi connectivity index (χ4n) is 3.79. The molecular weight excluding hydrogens is 498 g/mol. The van der Waals surface area contributed by atoms with E-state index >= 15 is 0 Å². The molecule has 0 radical (unpaired) electrons. The van der Waals surface area contributed by atoms with Crippen LogP contribution in [-0.4, -0.2) is 30.9 Å². The van der Waals surface area contributed by atoms with E-state index in [4.69, 9.17) is 0 Å². The van der Waals surface area contributed by atoms with Gasteiger partial charge in [0, 0.05) is 14.9 Å². The van der Waals surface area contributed by atoms with Crippen LogP contribution in [0.25, 0.3) is 10.1 Å². The normalized spacial score (nSPS) is 16.9. The van der Waals surface area contributed by atoms with Gasteiger partial charge in [0.1, 0.15) is 6.04 Å². The van der Waals surface area contributed by atoms with E-state index in [0.29, 0.717) is 13.0 Å². The molecule has 2 heterocycles. The Morgan fingerprint density at radius 3 is 2.84 bits per heavy atom. The molecule has 2 N–H and O–H groups in total. The minimum atomic E-state index is -0.544. The third-order valence-corrected chi connectivity index (χ3v) is 7.14. The molecule has 1 aliphatic rings. The number of rotatable bonds is 5. The summed E-state index contributed by atoms with van der Waals surface area (Å²) in [4.78, 5) is 27.9. The van der Waals surface area contributed by atoms with Crippen molar-refractivity contribution in [3.8, 4) is 0 Å². The number of fused-ring (bicyclic) bond motifs is 2. The Bertz CT molecular complexity index is 1100. The minimum absolute atomic E-state index is 0. The Kier molecular flexibility index (Phi) is 7.75. The number of carbonyl (C=O) groups is 2. The summed E-state index contributed by atoms with van der Waals surface area (Å²) in [6.45, 7) is 2.26. The van der Waals surface area contributed by atoms with E-state index in [1.54, 1.807) is 25.3 Å². The van der Waals surface area contributed by atoms with Crippen LogP contribution in [0.1, 0.15) is 24.5 Å². The van der Waals surface area contributed by atoms with Gasteiger partial charge in [-0.2, -0.15) is 0 Å². The van der Waals surface area contributed by atoms with E-state index in [1.807, 2.05) is 29.2 Å². The maximum Gasteiger partial charge on any atom is 0.249 e. The predicted octanol–water partition coefficient (Wildman–Crippen LogP) is 4.66. The van der Waals surface area contributed by atoms with Crippen LogP contribution in [0.4, 0.5) is 5.69 Å². The second-order valence-corrected chi connectivity index (χ2v) is 9.39. The molecule has 2 unspecified atom stereocenters. The summed E-state index contributed by atoms with van der Waals surface area (Å²) >= 11 is 5.23. The fraction of sp³-hybridized carbons (Fsp3) is 0.304. The van der Waals surface area contributed by atoms with E-state index < -0.39 is 6.04 Å². The Morgan fingerprint density at radius 2 is 2.06 bits per heavy atom. The van der Waals surface area contributed by atoms with Gasteiger partial charge in [-0.15, -0.1) is 23.7 Å². The number of hydrogen-bond donors (Lipinski definition) is 2. The molecule has 0 bridgehead atoms. The molecule has 2 aromatic carbocycles. The number of halogens is 2. The van der Waals surface area contributed by atoms with E-state index in [9.17, 15) is 9.59 Å². The van der Waals surface area contributed by atoms with Crippen molar-refractivity contribution in [3.05, 3.63) is 63.4 Å². The molecule has 0 spiro atoms. The monoisotopic (exact) mass is 521 g/mol. The molecule has 0 fully saturated rings. The summed E-state index contributed by atoms with van der Waals surface area (Å²) in [5.74, 6) is -0.224. The summed E-state index contributed by atoms with van der Waals surface area (Å²) in [6.07, 6.45) is 1.33. The third kappa shape index (κ3) is 4.95. The first-order chi connectivity index (χ1) is 14.5. The van der Waals surface area contributed by atoms with Gasteiger partial charge in [0.05, 0.1) is 12.6 Å². The second-order valence-electron chi connectivity index (χ2n) is 7.56. The quantitative estimate of drug-likeness (QED) is 0.512. The van der Waals surface area contributed by atoms with Gasteiger partial charge in [-0.05, 0) is 73.0 Å². The maximum atomic E-state index is 13.6. The minimum Gasteiger partial charge on any atom is -0.343 e. The first-order valence-corrected chi connectivity index (χ1v) is 11.7. The van der Waals surface area contributed by atoms with Crippen LogP contribution in [0, 0.1) is 0 Å². The van der Waals surface area contributed by atoms with Crippen LogP contribution < -0.4 is 15.5 Å². The van der Waals surface area contributed by atoms with Crippen molar-refractivity contribution >= 4 is 67.3 Å². The average Bonchev–Trinajstić information content (AvgIpc) is 3.10. The van der Waals surface area contributed by atoms with Gasteiger partial charge in [-0.25, -0.2) is 0 Å². The first-order valence-electron chi connectivity index (χ1n) is 10.0. The molecule has 0 saturated carbocycles. The van der Waals surface area contributed by atoms with Crippen LogP contribution in [0.15, 0.2) is 52.3 Å². The number of carbonyl (C=O) groups excluding carboxylic acids is 2. The summed E-state index contributed by atoms with van der Waals surface area (Å²) in [6, 6.07) is 13.4. The standard InChI is InChI=1S/C23H24BrN3O2S.ClH/c1-14(25-2)22(28)26-19-9-7-15-5-3-4-6-20(15)27(23(19)29)12-16-13-30-21-10-8-17(24)11-18(16)21;/h3-6,8,10-11,13-14,19,25H,7,9,12H2,1-2H3,(H,26,28);1H. The van der Waals surface area contributed by atoms with Crippen LogP contribution in [0.3, 0.4) is 0 Å². The van der Waals surface area contributed by atoms with Crippen LogP contribution in [0.5, 0.6) is 0 Å². The zero-order valence-electron chi connectivity index (χ0n) is 17.4. The molecule has 2 atom stereocenters. The molecule has 3 aromatic rings. The zero-order valence-corrected chi connectivity index (χ0v) is 20.6. The summed E-state index contributed by atoms with van der Waals surface area (Å²) in [7, 11) is 1.74. The number of nitrogens with zero attached hydrogens (tertiary/aromatic N) is 1. The largest absolute Gasteiger partial charge is 0.343 e. The summed E-state index contributed by atoms with van der Waals surface area (Å²) in [5, 5.41) is 9.15. The molecule has 0 saturated heterocycles. The molecule has 164 valence electrons. The molecular formula is C23H25BrClN3O2S. The Labute approximate surface area is 200 Å². The lowest BCUT2D eigenvalue weighted by atomic mass is 10.1. The highest BCUT2D eigenvalue weighted by molar-refractivity contribution is 9.10. The van der Waals surface area contributed by atoms with Crippen molar-refractivity contribution in [2.24, 2.45) is 0 Å². The van der Waals surface area contributed by atoms with Crippen molar-refractivity contribution in [1.29, 1.82) is 0 Å². The average molecular weight is 523 g/mol. The third-order valence-electron chi connectivity index (χ3n) is 5.64. The number of amides is 2. The van der Waals surface area contributed by atoms with Crippen molar-refractivity contribution in [3.63, 3.8) is 0 Å². The van der Waals surface area contributed by atoms with Crippen molar-refractivity contribution in [2.45, 2.75) is 38.4 Å². The molecule has 31 heavy (non-hydrogen) atoms. The van der Waals surface area contributed by atoms with Gasteiger partial charge >= 0.3 is 0 Å². The highest BCUT2D eigenvalue weighted by Crippen LogP contribution is 2.33. The lowest BCUT2D eigenvalue weighted by molar-refractivity contribution is -0.128. The number of para-hydroxylation sites is 1. The number of thiophene rings is 1. The van der Waals surface area contributed by atoms with Gasteiger partial charge < -0.3 is 15.5 Å². The molecule has 1 aromatic heterocycles. The molecule has 1 aliphatic heterocycles. The Morgan fingerprint density at radius 1 is 1.29 bits per heavy atom. The highest BCUT2D eigenvalue weighted by atomic mass is 79.9. The molecule has 4 rings (SSSR count). The Balaban J connectivity index is 0.00000272.